The third-order valence-corrected chi connectivity index (χ3v) is 6.26. The van der Waals surface area contributed by atoms with Gasteiger partial charge in [0.05, 0.1) is 0 Å². The van der Waals surface area contributed by atoms with E-state index in [1.54, 1.807) is 6.07 Å². The Hall–Kier alpha value is -1.46. The number of benzene rings is 1. The van der Waals surface area contributed by atoms with Crippen LogP contribution < -0.4 is 5.73 Å². The maximum atomic E-state index is 13.8. The van der Waals surface area contributed by atoms with Gasteiger partial charge in [0.25, 0.3) is 0 Å². The van der Waals surface area contributed by atoms with Crippen LogP contribution in [0.1, 0.15) is 38.7 Å². The van der Waals surface area contributed by atoms with E-state index >= 15 is 0 Å². The molecule has 25 heavy (non-hydrogen) atoms. The van der Waals surface area contributed by atoms with E-state index < -0.39 is 0 Å². The molecule has 2 aliphatic rings. The lowest BCUT2D eigenvalue weighted by Crippen LogP contribution is -2.55. The zero-order valence-electron chi connectivity index (χ0n) is 15.4. The zero-order valence-corrected chi connectivity index (χ0v) is 15.4. The minimum absolute atomic E-state index is 0.0678. The second kappa shape index (κ2) is 7.42. The van der Waals surface area contributed by atoms with Crippen LogP contribution in [0.3, 0.4) is 0 Å². The Morgan fingerprint density at radius 1 is 1.24 bits per heavy atom. The van der Waals surface area contributed by atoms with Gasteiger partial charge in [-0.3, -0.25) is 9.69 Å². The van der Waals surface area contributed by atoms with Crippen LogP contribution in [0, 0.1) is 17.2 Å². The van der Waals surface area contributed by atoms with E-state index in [-0.39, 0.29) is 23.2 Å². The normalized spacial score (nSPS) is 26.8. The van der Waals surface area contributed by atoms with Crippen LogP contribution in [0.25, 0.3) is 0 Å². The van der Waals surface area contributed by atoms with E-state index in [2.05, 4.69) is 18.7 Å². The Morgan fingerprint density at radius 3 is 2.68 bits per heavy atom. The van der Waals surface area contributed by atoms with Crippen molar-refractivity contribution in [3.8, 4) is 0 Å². The third kappa shape index (κ3) is 4.04. The first-order valence-corrected chi connectivity index (χ1v) is 9.37. The Balaban J connectivity index is 1.51. The molecule has 2 unspecified atom stereocenters. The second-order valence-electron chi connectivity index (χ2n) is 8.17. The lowest BCUT2D eigenvalue weighted by molar-refractivity contribution is -0.135. The summed E-state index contributed by atoms with van der Waals surface area (Å²) in [5.74, 6) is 0.494. The van der Waals surface area contributed by atoms with Crippen LogP contribution >= 0.6 is 0 Å². The summed E-state index contributed by atoms with van der Waals surface area (Å²) in [6.45, 7) is 8.17. The summed E-state index contributed by atoms with van der Waals surface area (Å²) in [6, 6.07) is 7.15. The van der Waals surface area contributed by atoms with Gasteiger partial charge in [-0.15, -0.1) is 0 Å². The molecule has 2 N–H and O–H groups in total. The van der Waals surface area contributed by atoms with Crippen molar-refractivity contribution in [2.45, 2.75) is 45.7 Å². The highest BCUT2D eigenvalue weighted by Gasteiger charge is 2.46. The van der Waals surface area contributed by atoms with Crippen molar-refractivity contribution in [3.63, 3.8) is 0 Å². The predicted octanol–water partition coefficient (Wildman–Crippen LogP) is 2.62. The molecule has 2 fully saturated rings. The van der Waals surface area contributed by atoms with Gasteiger partial charge in [-0.1, -0.05) is 32.0 Å². The molecule has 1 aliphatic heterocycles. The molecular formula is C20H30FN3O. The summed E-state index contributed by atoms with van der Waals surface area (Å²) in [4.78, 5) is 16.9. The minimum Gasteiger partial charge on any atom is -0.341 e. The smallest absolute Gasteiger partial charge is 0.222 e. The van der Waals surface area contributed by atoms with Crippen LogP contribution in [-0.2, 0) is 11.3 Å². The number of nitrogens with two attached hydrogens (primary N) is 1. The number of amides is 1. The molecule has 3 rings (SSSR count). The fraction of sp³-hybridized carbons (Fsp3) is 0.650. The van der Waals surface area contributed by atoms with Gasteiger partial charge in [-0.2, -0.15) is 0 Å². The summed E-state index contributed by atoms with van der Waals surface area (Å²) in [7, 11) is 0. The second-order valence-corrected chi connectivity index (χ2v) is 8.17. The first-order valence-electron chi connectivity index (χ1n) is 9.37. The molecular weight excluding hydrogens is 317 g/mol. The average Bonchev–Trinajstić information content (AvgIpc) is 2.82. The number of halogens is 1. The van der Waals surface area contributed by atoms with E-state index in [0.717, 1.165) is 44.6 Å². The van der Waals surface area contributed by atoms with E-state index in [1.165, 1.54) is 6.07 Å². The number of hydrogen-bond acceptors (Lipinski definition) is 3. The number of carbonyl (C=O) groups is 1. The van der Waals surface area contributed by atoms with Crippen molar-refractivity contribution in [3.05, 3.63) is 35.6 Å². The highest BCUT2D eigenvalue weighted by Crippen LogP contribution is 2.47. The SMILES string of the molecule is CC1(C)C(N)CC1CC(=O)N1CCCN(Cc2ccccc2F)CC1. The highest BCUT2D eigenvalue weighted by atomic mass is 19.1. The molecule has 1 saturated heterocycles. The standard InChI is InChI=1S/C20H30FN3O/c1-20(2)16(12-18(20)22)13-19(25)24-9-5-8-23(10-11-24)14-15-6-3-4-7-17(15)21/h3-4,6-7,16,18H,5,8-14,22H2,1-2H3. The van der Waals surface area contributed by atoms with Crippen LogP contribution in [0.4, 0.5) is 4.39 Å². The molecule has 0 spiro atoms. The summed E-state index contributed by atoms with van der Waals surface area (Å²) in [5.41, 5.74) is 6.86. The van der Waals surface area contributed by atoms with Gasteiger partial charge in [-0.05, 0) is 30.2 Å². The number of rotatable bonds is 4. The van der Waals surface area contributed by atoms with E-state index in [9.17, 15) is 9.18 Å². The Kier molecular flexibility index (Phi) is 5.44. The summed E-state index contributed by atoms with van der Waals surface area (Å²) >= 11 is 0. The molecule has 0 radical (unpaired) electrons. The van der Waals surface area contributed by atoms with Crippen molar-refractivity contribution in [1.82, 2.24) is 9.80 Å². The maximum Gasteiger partial charge on any atom is 0.222 e. The van der Waals surface area contributed by atoms with E-state index in [1.807, 2.05) is 17.0 Å². The van der Waals surface area contributed by atoms with Gasteiger partial charge in [0.2, 0.25) is 5.91 Å². The molecule has 0 aromatic heterocycles. The molecule has 1 aromatic rings. The van der Waals surface area contributed by atoms with E-state index in [4.69, 9.17) is 5.73 Å². The minimum atomic E-state index is -0.150. The molecule has 138 valence electrons. The van der Waals surface area contributed by atoms with Crippen LogP contribution in [0.5, 0.6) is 0 Å². The molecule has 1 amide bonds. The van der Waals surface area contributed by atoms with Crippen LogP contribution in [-0.4, -0.2) is 47.9 Å². The predicted molar refractivity (Wildman–Crippen MR) is 97.4 cm³/mol. The number of hydrogen-bond donors (Lipinski definition) is 1. The summed E-state index contributed by atoms with van der Waals surface area (Å²) in [6.07, 6.45) is 2.49. The third-order valence-electron chi connectivity index (χ3n) is 6.26. The molecule has 1 heterocycles. The fourth-order valence-corrected chi connectivity index (χ4v) is 3.99. The van der Waals surface area contributed by atoms with Gasteiger partial charge < -0.3 is 10.6 Å². The molecule has 0 bridgehead atoms. The Labute approximate surface area is 150 Å². The average molecular weight is 347 g/mol. The van der Waals surface area contributed by atoms with Gasteiger partial charge in [0.15, 0.2) is 0 Å². The highest BCUT2D eigenvalue weighted by molar-refractivity contribution is 5.76. The molecule has 5 heteroatoms. The monoisotopic (exact) mass is 347 g/mol. The number of carbonyl (C=O) groups excluding carboxylic acids is 1. The fourth-order valence-electron chi connectivity index (χ4n) is 3.99. The van der Waals surface area contributed by atoms with E-state index in [0.29, 0.717) is 18.9 Å². The zero-order chi connectivity index (χ0) is 18.0. The lowest BCUT2D eigenvalue weighted by atomic mass is 9.58. The topological polar surface area (TPSA) is 49.6 Å². The first kappa shape index (κ1) is 18.3. The van der Waals surface area contributed by atoms with Crippen molar-refractivity contribution in [1.29, 1.82) is 0 Å². The lowest BCUT2D eigenvalue weighted by Gasteiger charge is -2.50. The molecule has 1 aromatic carbocycles. The summed E-state index contributed by atoms with van der Waals surface area (Å²) < 4.78 is 13.8. The number of nitrogens with zero attached hydrogens (tertiary/aromatic N) is 2. The van der Waals surface area contributed by atoms with Gasteiger partial charge >= 0.3 is 0 Å². The van der Waals surface area contributed by atoms with Gasteiger partial charge in [-0.25, -0.2) is 4.39 Å². The molecule has 1 saturated carbocycles. The van der Waals surface area contributed by atoms with Gasteiger partial charge in [0, 0.05) is 50.7 Å². The first-order chi connectivity index (χ1) is 11.9. The summed E-state index contributed by atoms with van der Waals surface area (Å²) in [5, 5.41) is 0. The van der Waals surface area contributed by atoms with Crippen molar-refractivity contribution in [2.24, 2.45) is 17.1 Å². The maximum absolute atomic E-state index is 13.8. The van der Waals surface area contributed by atoms with Crippen molar-refractivity contribution >= 4 is 5.91 Å². The van der Waals surface area contributed by atoms with Crippen molar-refractivity contribution in [2.75, 3.05) is 26.2 Å². The Morgan fingerprint density at radius 2 is 2.00 bits per heavy atom. The Bertz CT molecular complexity index is 619. The molecule has 4 nitrogen and oxygen atoms in total. The molecule has 1 aliphatic carbocycles. The van der Waals surface area contributed by atoms with Crippen LogP contribution in [0.15, 0.2) is 24.3 Å². The largest absolute Gasteiger partial charge is 0.341 e. The quantitative estimate of drug-likeness (QED) is 0.911. The van der Waals surface area contributed by atoms with Crippen molar-refractivity contribution < 1.29 is 9.18 Å². The van der Waals surface area contributed by atoms with Gasteiger partial charge in [0.1, 0.15) is 5.82 Å². The molecule has 2 atom stereocenters. The van der Waals surface area contributed by atoms with Crippen LogP contribution in [0.2, 0.25) is 0 Å².